The van der Waals surface area contributed by atoms with Gasteiger partial charge in [-0.3, -0.25) is 9.59 Å². The predicted octanol–water partition coefficient (Wildman–Crippen LogP) is 2.36. The Morgan fingerprint density at radius 3 is 2.86 bits per heavy atom. The van der Waals surface area contributed by atoms with Gasteiger partial charge in [0.2, 0.25) is 5.91 Å². The Balaban J connectivity index is 1.67. The number of carbonyl (C=O) groups excluding carboxylic acids is 1. The molecule has 0 saturated heterocycles. The first kappa shape index (κ1) is 15.8. The number of aryl methyl sites for hydroxylation is 1. The summed E-state index contributed by atoms with van der Waals surface area (Å²) in [5.41, 5.74) is 0.975. The minimum absolute atomic E-state index is 0.0189. The number of carbonyl (C=O) groups is 1. The van der Waals surface area contributed by atoms with E-state index in [-0.39, 0.29) is 11.5 Å². The van der Waals surface area contributed by atoms with Crippen LogP contribution in [0.1, 0.15) is 24.3 Å². The van der Waals surface area contributed by atoms with Gasteiger partial charge in [0.25, 0.3) is 5.56 Å². The Morgan fingerprint density at radius 2 is 2.14 bits per heavy atom. The predicted molar refractivity (Wildman–Crippen MR) is 85.4 cm³/mol. The van der Waals surface area contributed by atoms with E-state index in [9.17, 15) is 9.59 Å². The SMILES string of the molecule is Cc1cccc(=O)n1CCCCNC(=O)/C=C/c1ccco1. The highest BCUT2D eigenvalue weighted by atomic mass is 16.3. The first-order valence-corrected chi connectivity index (χ1v) is 7.33. The molecule has 0 spiro atoms. The number of furan rings is 1. The van der Waals surface area contributed by atoms with Crippen LogP contribution in [0.5, 0.6) is 0 Å². The molecule has 5 heteroatoms. The molecule has 0 aliphatic rings. The van der Waals surface area contributed by atoms with E-state index in [1.54, 1.807) is 41.2 Å². The summed E-state index contributed by atoms with van der Waals surface area (Å²) in [6, 6.07) is 8.80. The van der Waals surface area contributed by atoms with Crippen molar-refractivity contribution in [3.8, 4) is 0 Å². The molecule has 2 heterocycles. The fraction of sp³-hybridized carbons (Fsp3) is 0.294. The molecule has 22 heavy (non-hydrogen) atoms. The molecule has 0 bridgehead atoms. The maximum Gasteiger partial charge on any atom is 0.250 e. The molecule has 0 unspecified atom stereocenters. The van der Waals surface area contributed by atoms with Crippen LogP contribution in [0.15, 0.2) is 51.9 Å². The first-order chi connectivity index (χ1) is 10.7. The molecule has 2 rings (SSSR count). The van der Waals surface area contributed by atoms with Crippen molar-refractivity contribution in [2.24, 2.45) is 0 Å². The number of aromatic nitrogens is 1. The Morgan fingerprint density at radius 1 is 1.27 bits per heavy atom. The van der Waals surface area contributed by atoms with Crippen LogP contribution < -0.4 is 10.9 Å². The average molecular weight is 300 g/mol. The molecule has 116 valence electrons. The zero-order valence-electron chi connectivity index (χ0n) is 12.6. The molecule has 1 N–H and O–H groups in total. The van der Waals surface area contributed by atoms with Gasteiger partial charge in [-0.15, -0.1) is 0 Å². The molecule has 0 atom stereocenters. The highest BCUT2D eigenvalue weighted by Crippen LogP contribution is 2.02. The van der Waals surface area contributed by atoms with Gasteiger partial charge in [-0.05, 0) is 44.0 Å². The Hall–Kier alpha value is -2.56. The minimum atomic E-state index is -0.149. The van der Waals surface area contributed by atoms with Crippen molar-refractivity contribution in [2.45, 2.75) is 26.3 Å². The van der Waals surface area contributed by atoms with E-state index in [1.165, 1.54) is 6.08 Å². The van der Waals surface area contributed by atoms with Crippen molar-refractivity contribution in [1.82, 2.24) is 9.88 Å². The van der Waals surface area contributed by atoms with Crippen LogP contribution in [-0.4, -0.2) is 17.0 Å². The highest BCUT2D eigenvalue weighted by Gasteiger charge is 2.00. The summed E-state index contributed by atoms with van der Waals surface area (Å²) in [6.07, 6.45) is 6.30. The van der Waals surface area contributed by atoms with E-state index >= 15 is 0 Å². The summed E-state index contributed by atoms with van der Waals surface area (Å²) in [7, 11) is 0. The second-order valence-electron chi connectivity index (χ2n) is 5.00. The lowest BCUT2D eigenvalue weighted by Crippen LogP contribution is -2.24. The maximum atomic E-state index is 11.7. The van der Waals surface area contributed by atoms with E-state index in [0.29, 0.717) is 18.8 Å². The molecule has 5 nitrogen and oxygen atoms in total. The summed E-state index contributed by atoms with van der Waals surface area (Å²) in [5.74, 6) is 0.499. The van der Waals surface area contributed by atoms with Gasteiger partial charge in [0.15, 0.2) is 0 Å². The number of rotatable bonds is 7. The Kier molecular flexibility index (Phi) is 5.77. The standard InChI is InChI=1S/C17H20N2O3/c1-14-6-4-8-17(21)19(14)12-3-2-11-18-16(20)10-9-15-7-5-13-22-15/h4-10,13H,2-3,11-12H2,1H3,(H,18,20)/b10-9+. The van der Waals surface area contributed by atoms with Crippen molar-refractivity contribution in [3.05, 3.63) is 64.5 Å². The zero-order chi connectivity index (χ0) is 15.8. The fourth-order valence-electron chi connectivity index (χ4n) is 2.12. The third kappa shape index (κ3) is 4.77. The van der Waals surface area contributed by atoms with E-state index in [1.807, 2.05) is 13.0 Å². The third-order valence-corrected chi connectivity index (χ3v) is 3.32. The number of hydrogen-bond acceptors (Lipinski definition) is 3. The Bertz CT molecular complexity index is 684. The normalized spacial score (nSPS) is 11.0. The van der Waals surface area contributed by atoms with E-state index in [2.05, 4.69) is 5.32 Å². The van der Waals surface area contributed by atoms with Gasteiger partial charge in [0.05, 0.1) is 6.26 Å². The topological polar surface area (TPSA) is 64.2 Å². The van der Waals surface area contributed by atoms with E-state index in [0.717, 1.165) is 18.5 Å². The van der Waals surface area contributed by atoms with Crippen molar-refractivity contribution >= 4 is 12.0 Å². The van der Waals surface area contributed by atoms with Gasteiger partial charge in [-0.1, -0.05) is 6.07 Å². The van der Waals surface area contributed by atoms with Gasteiger partial charge >= 0.3 is 0 Å². The molecule has 0 aromatic carbocycles. The minimum Gasteiger partial charge on any atom is -0.465 e. The van der Waals surface area contributed by atoms with Gasteiger partial charge < -0.3 is 14.3 Å². The van der Waals surface area contributed by atoms with Crippen LogP contribution in [0.3, 0.4) is 0 Å². The maximum absolute atomic E-state index is 11.7. The molecule has 0 fully saturated rings. The molecular weight excluding hydrogens is 280 g/mol. The summed E-state index contributed by atoms with van der Waals surface area (Å²) in [6.45, 7) is 3.17. The molecule has 1 amide bonds. The van der Waals surface area contributed by atoms with Crippen molar-refractivity contribution in [2.75, 3.05) is 6.54 Å². The third-order valence-electron chi connectivity index (χ3n) is 3.32. The van der Waals surface area contributed by atoms with Gasteiger partial charge in [0.1, 0.15) is 5.76 Å². The molecular formula is C17H20N2O3. The molecule has 0 saturated carbocycles. The lowest BCUT2D eigenvalue weighted by Gasteiger charge is -2.09. The van der Waals surface area contributed by atoms with Crippen LogP contribution in [0, 0.1) is 6.92 Å². The highest BCUT2D eigenvalue weighted by molar-refractivity contribution is 5.91. The first-order valence-electron chi connectivity index (χ1n) is 7.33. The Labute approximate surface area is 129 Å². The molecule has 0 aliphatic heterocycles. The average Bonchev–Trinajstić information content (AvgIpc) is 3.01. The summed E-state index contributed by atoms with van der Waals surface area (Å²) >= 11 is 0. The largest absolute Gasteiger partial charge is 0.465 e. The van der Waals surface area contributed by atoms with Gasteiger partial charge in [0, 0.05) is 30.9 Å². The van der Waals surface area contributed by atoms with Crippen LogP contribution in [0.25, 0.3) is 6.08 Å². The van der Waals surface area contributed by atoms with Gasteiger partial charge in [-0.2, -0.15) is 0 Å². The van der Waals surface area contributed by atoms with Crippen molar-refractivity contribution in [3.63, 3.8) is 0 Å². The number of unbranched alkanes of at least 4 members (excludes halogenated alkanes) is 1. The summed E-state index contributed by atoms with van der Waals surface area (Å²) in [4.78, 5) is 23.3. The number of hydrogen-bond donors (Lipinski definition) is 1. The lowest BCUT2D eigenvalue weighted by molar-refractivity contribution is -0.116. The van der Waals surface area contributed by atoms with E-state index < -0.39 is 0 Å². The van der Waals surface area contributed by atoms with Crippen LogP contribution in [0.2, 0.25) is 0 Å². The van der Waals surface area contributed by atoms with Crippen LogP contribution in [0.4, 0.5) is 0 Å². The molecule has 0 radical (unpaired) electrons. The number of nitrogens with zero attached hydrogens (tertiary/aromatic N) is 1. The monoisotopic (exact) mass is 300 g/mol. The second-order valence-corrected chi connectivity index (χ2v) is 5.00. The summed E-state index contributed by atoms with van der Waals surface area (Å²) < 4.78 is 6.85. The lowest BCUT2D eigenvalue weighted by atomic mass is 10.2. The smallest absolute Gasteiger partial charge is 0.250 e. The zero-order valence-corrected chi connectivity index (χ0v) is 12.6. The molecule has 2 aromatic heterocycles. The van der Waals surface area contributed by atoms with Crippen molar-refractivity contribution in [1.29, 1.82) is 0 Å². The van der Waals surface area contributed by atoms with Crippen LogP contribution >= 0.6 is 0 Å². The van der Waals surface area contributed by atoms with Crippen molar-refractivity contribution < 1.29 is 9.21 Å². The summed E-state index contributed by atoms with van der Waals surface area (Å²) in [5, 5.41) is 2.81. The number of amides is 1. The fourth-order valence-corrected chi connectivity index (χ4v) is 2.12. The van der Waals surface area contributed by atoms with Crippen LogP contribution in [-0.2, 0) is 11.3 Å². The quantitative estimate of drug-likeness (QED) is 0.630. The number of nitrogens with one attached hydrogen (secondary N) is 1. The molecule has 0 aliphatic carbocycles. The molecule has 2 aromatic rings. The van der Waals surface area contributed by atoms with E-state index in [4.69, 9.17) is 4.42 Å². The van der Waals surface area contributed by atoms with Gasteiger partial charge in [-0.25, -0.2) is 0 Å². The number of pyridine rings is 1. The second kappa shape index (κ2) is 8.02.